The number of alkyl halides is 6. The number of pyridine rings is 2. The first-order valence-corrected chi connectivity index (χ1v) is 11.7. The topological polar surface area (TPSA) is 142 Å². The van der Waals surface area contributed by atoms with Gasteiger partial charge < -0.3 is 20.3 Å². The lowest BCUT2D eigenvalue weighted by Gasteiger charge is -2.19. The Morgan fingerprint density at radius 3 is 2.12 bits per heavy atom. The zero-order valence-corrected chi connectivity index (χ0v) is 20.7. The molecule has 2 aromatic heterocycles. The first-order chi connectivity index (χ1) is 18.6. The number of carboxylic acid groups (broad SMARTS) is 2. The zero-order valence-electron chi connectivity index (χ0n) is 20.7. The summed E-state index contributed by atoms with van der Waals surface area (Å²) in [4.78, 5) is 40.8. The molecule has 3 N–H and O–H groups in total. The average molecular weight is 580 g/mol. The molecule has 0 aromatic carbocycles. The van der Waals surface area contributed by atoms with Gasteiger partial charge in [0.05, 0.1) is 30.9 Å². The van der Waals surface area contributed by atoms with Crippen LogP contribution in [0.25, 0.3) is 0 Å². The lowest BCUT2D eigenvalue weighted by atomic mass is 10.0. The first kappa shape index (κ1) is 32.4. The number of fused-ring (bicyclic) bond motifs is 1. The Morgan fingerprint density at radius 1 is 0.975 bits per heavy atom. The van der Waals surface area contributed by atoms with Crippen LogP contribution in [0.3, 0.4) is 0 Å². The molecule has 16 heteroatoms. The number of hydrogen-bond acceptors (Lipinski definition) is 7. The molecule has 3 atom stereocenters. The number of ether oxygens (including phenoxy) is 1. The van der Waals surface area contributed by atoms with E-state index in [1.54, 1.807) is 12.4 Å². The van der Waals surface area contributed by atoms with Gasteiger partial charge in [-0.05, 0) is 30.2 Å². The molecule has 220 valence electrons. The molecule has 0 unspecified atom stereocenters. The van der Waals surface area contributed by atoms with E-state index in [-0.39, 0.29) is 18.1 Å². The third-order valence-electron chi connectivity index (χ3n) is 5.61. The highest BCUT2D eigenvalue weighted by atomic mass is 19.4. The molecule has 1 amide bonds. The lowest BCUT2D eigenvalue weighted by Crippen LogP contribution is -2.29. The number of aromatic nitrogens is 2. The van der Waals surface area contributed by atoms with Gasteiger partial charge in [-0.3, -0.25) is 19.7 Å². The molecule has 2 fully saturated rings. The molecular weight excluding hydrogens is 554 g/mol. The molecule has 2 aliphatic heterocycles. The fourth-order valence-electron chi connectivity index (χ4n) is 3.93. The number of hydrogen-bond donors (Lipinski definition) is 3. The van der Waals surface area contributed by atoms with Crippen molar-refractivity contribution in [2.24, 2.45) is 5.92 Å². The number of nitrogens with one attached hydrogen (secondary N) is 1. The quantitative estimate of drug-likeness (QED) is 0.440. The number of carbonyl (C=O) groups is 3. The minimum atomic E-state index is -5.08. The van der Waals surface area contributed by atoms with Crippen LogP contribution in [0.4, 0.5) is 26.3 Å². The number of carbonyl (C=O) groups excluding carboxylic acids is 1. The fraction of sp³-hybridized carbons (Fsp3) is 0.458. The second-order valence-electron chi connectivity index (χ2n) is 8.76. The van der Waals surface area contributed by atoms with E-state index in [2.05, 4.69) is 26.3 Å². The van der Waals surface area contributed by atoms with Gasteiger partial charge in [-0.25, -0.2) is 9.59 Å². The highest BCUT2D eigenvalue weighted by Crippen LogP contribution is 2.34. The second-order valence-corrected chi connectivity index (χ2v) is 8.76. The van der Waals surface area contributed by atoms with E-state index in [9.17, 15) is 31.1 Å². The van der Waals surface area contributed by atoms with E-state index >= 15 is 0 Å². The van der Waals surface area contributed by atoms with Crippen LogP contribution in [-0.4, -0.2) is 80.6 Å². The van der Waals surface area contributed by atoms with Crippen molar-refractivity contribution in [3.63, 3.8) is 0 Å². The molecule has 0 bridgehead atoms. The van der Waals surface area contributed by atoms with Crippen LogP contribution in [0.5, 0.6) is 0 Å². The predicted molar refractivity (Wildman–Crippen MR) is 124 cm³/mol. The summed E-state index contributed by atoms with van der Waals surface area (Å²) in [6.45, 7) is 3.36. The number of carboxylic acids is 2. The number of likely N-dealkylation sites (tertiary alicyclic amines) is 1. The van der Waals surface area contributed by atoms with Gasteiger partial charge in [0, 0.05) is 44.1 Å². The summed E-state index contributed by atoms with van der Waals surface area (Å²) in [6, 6.07) is 9.79. The normalized spacial score (nSPS) is 20.3. The van der Waals surface area contributed by atoms with Crippen LogP contribution in [0, 0.1) is 5.92 Å². The van der Waals surface area contributed by atoms with Crippen molar-refractivity contribution in [1.29, 1.82) is 0 Å². The fourth-order valence-corrected chi connectivity index (χ4v) is 3.93. The number of aliphatic carboxylic acids is 2. The predicted octanol–water partition coefficient (Wildman–Crippen LogP) is 3.04. The molecule has 2 saturated heterocycles. The molecule has 10 nitrogen and oxygen atoms in total. The van der Waals surface area contributed by atoms with E-state index in [0.29, 0.717) is 18.9 Å². The minimum absolute atomic E-state index is 0.0350. The van der Waals surface area contributed by atoms with Gasteiger partial charge in [0.25, 0.3) is 0 Å². The van der Waals surface area contributed by atoms with Crippen molar-refractivity contribution in [2.45, 2.75) is 50.5 Å². The van der Waals surface area contributed by atoms with Gasteiger partial charge >= 0.3 is 24.3 Å². The Hall–Kier alpha value is -3.79. The summed E-state index contributed by atoms with van der Waals surface area (Å²) >= 11 is 0. The van der Waals surface area contributed by atoms with Crippen LogP contribution in [-0.2, 0) is 32.2 Å². The van der Waals surface area contributed by atoms with Gasteiger partial charge in [0.15, 0.2) is 0 Å². The van der Waals surface area contributed by atoms with Gasteiger partial charge in [0.1, 0.15) is 0 Å². The van der Waals surface area contributed by atoms with Crippen molar-refractivity contribution >= 4 is 17.8 Å². The number of halogens is 6. The Kier molecular flexibility index (Phi) is 11.8. The van der Waals surface area contributed by atoms with Crippen LogP contribution in [0.2, 0.25) is 0 Å². The van der Waals surface area contributed by atoms with Gasteiger partial charge in [-0.2, -0.15) is 26.3 Å². The van der Waals surface area contributed by atoms with Crippen molar-refractivity contribution < 1.29 is 55.7 Å². The smallest absolute Gasteiger partial charge is 0.475 e. The van der Waals surface area contributed by atoms with Gasteiger partial charge in [-0.1, -0.05) is 12.1 Å². The molecule has 0 aliphatic carbocycles. The molecular formula is C24H26F6N4O6. The second kappa shape index (κ2) is 14.6. The largest absolute Gasteiger partial charge is 0.490 e. The van der Waals surface area contributed by atoms with Crippen molar-refractivity contribution in [1.82, 2.24) is 20.2 Å². The number of nitrogens with zero attached hydrogens (tertiary/aromatic N) is 3. The van der Waals surface area contributed by atoms with E-state index in [4.69, 9.17) is 24.5 Å². The van der Waals surface area contributed by atoms with Crippen LogP contribution < -0.4 is 5.32 Å². The van der Waals surface area contributed by atoms with Crippen molar-refractivity contribution in [3.05, 3.63) is 60.2 Å². The van der Waals surface area contributed by atoms with E-state index in [1.165, 1.54) is 5.56 Å². The first-order valence-electron chi connectivity index (χ1n) is 11.7. The molecule has 4 rings (SSSR count). The monoisotopic (exact) mass is 580 g/mol. The molecule has 2 aliphatic rings. The summed E-state index contributed by atoms with van der Waals surface area (Å²) in [6.07, 6.45) is -3.03. The molecule has 0 spiro atoms. The SMILES string of the molecule is O=C(C[C@H]1C[C@H]2CN(Cc3cccnc3)C[C@H]2O1)NCc1ccccn1.O=C(O)C(F)(F)F.O=C(O)C(F)(F)F. The third-order valence-corrected chi connectivity index (χ3v) is 5.61. The van der Waals surface area contributed by atoms with Crippen LogP contribution in [0.15, 0.2) is 48.9 Å². The van der Waals surface area contributed by atoms with Crippen molar-refractivity contribution in [2.75, 3.05) is 13.1 Å². The highest BCUT2D eigenvalue weighted by Gasteiger charge is 2.42. The maximum atomic E-state index is 12.2. The maximum Gasteiger partial charge on any atom is 0.490 e. The van der Waals surface area contributed by atoms with Gasteiger partial charge in [-0.15, -0.1) is 0 Å². The third kappa shape index (κ3) is 11.5. The van der Waals surface area contributed by atoms with Gasteiger partial charge in [0.2, 0.25) is 5.91 Å². The van der Waals surface area contributed by atoms with E-state index < -0.39 is 24.3 Å². The summed E-state index contributed by atoms with van der Waals surface area (Å²) in [7, 11) is 0. The molecule has 0 radical (unpaired) electrons. The zero-order chi connectivity index (χ0) is 29.9. The average Bonchev–Trinajstić information content (AvgIpc) is 3.41. The summed E-state index contributed by atoms with van der Waals surface area (Å²) in [5, 5.41) is 17.2. The summed E-state index contributed by atoms with van der Waals surface area (Å²) in [5.41, 5.74) is 2.11. The Morgan fingerprint density at radius 2 is 1.62 bits per heavy atom. The number of amides is 1. The Labute approximate surface area is 224 Å². The van der Waals surface area contributed by atoms with E-state index in [1.807, 2.05) is 30.5 Å². The maximum absolute atomic E-state index is 12.2. The molecule has 0 saturated carbocycles. The minimum Gasteiger partial charge on any atom is -0.475 e. The highest BCUT2D eigenvalue weighted by molar-refractivity contribution is 5.76. The lowest BCUT2D eigenvalue weighted by molar-refractivity contribution is -0.193. The molecule has 4 heterocycles. The number of rotatable bonds is 6. The van der Waals surface area contributed by atoms with E-state index in [0.717, 1.165) is 31.7 Å². The van der Waals surface area contributed by atoms with Crippen molar-refractivity contribution in [3.8, 4) is 0 Å². The summed E-state index contributed by atoms with van der Waals surface area (Å²) < 4.78 is 69.6. The molecule has 40 heavy (non-hydrogen) atoms. The molecule has 2 aromatic rings. The summed E-state index contributed by atoms with van der Waals surface area (Å²) in [5.74, 6) is -4.95. The Bertz CT molecular complexity index is 1070. The Balaban J connectivity index is 0.000000333. The van der Waals surface area contributed by atoms with Crippen LogP contribution >= 0.6 is 0 Å². The standard InChI is InChI=1S/C20H24N4O2.2C2HF3O2/c25-20(23-11-17-5-1-2-7-22-17)9-18-8-16-13-24(14-19(16)26-18)12-15-4-3-6-21-10-15;2*3-2(4,5)1(6)7/h1-7,10,16,18-19H,8-9,11-14H2,(H,23,25);2*(H,6,7)/t16-,18+,19+;;/m0../s1. The van der Waals surface area contributed by atoms with Crippen LogP contribution in [0.1, 0.15) is 24.1 Å².